The summed E-state index contributed by atoms with van der Waals surface area (Å²) >= 11 is 0. The molecule has 4 aromatic carbocycles. The Morgan fingerprint density at radius 1 is 0.949 bits per heavy atom. The highest BCUT2D eigenvalue weighted by Gasteiger charge is 2.30. The van der Waals surface area contributed by atoms with Crippen LogP contribution in [0.2, 0.25) is 0 Å². The van der Waals surface area contributed by atoms with Gasteiger partial charge in [-0.05, 0) is 97.3 Å². The van der Waals surface area contributed by atoms with E-state index in [4.69, 9.17) is 9.47 Å². The predicted octanol–water partition coefficient (Wildman–Crippen LogP) is 5.47. The zero-order chi connectivity index (χ0) is 27.0. The number of ether oxygens (including phenoxy) is 2. The van der Waals surface area contributed by atoms with Crippen LogP contribution in [0, 0.1) is 0 Å². The van der Waals surface area contributed by atoms with E-state index in [2.05, 4.69) is 9.62 Å². The van der Waals surface area contributed by atoms with Crippen LogP contribution in [-0.2, 0) is 10.0 Å². The zero-order valence-electron chi connectivity index (χ0n) is 21.9. The zero-order valence-corrected chi connectivity index (χ0v) is 22.7. The van der Waals surface area contributed by atoms with Crippen molar-refractivity contribution in [2.75, 3.05) is 33.3 Å². The monoisotopic (exact) mass is 544 g/mol. The highest BCUT2D eigenvalue weighted by Crippen LogP contribution is 2.48. The molecule has 2 heterocycles. The molecule has 2 N–H and O–H groups in total. The van der Waals surface area contributed by atoms with E-state index in [9.17, 15) is 13.5 Å². The number of benzene rings is 4. The Morgan fingerprint density at radius 2 is 1.74 bits per heavy atom. The SMILES string of the molecule is CNS(=O)(=O)c1ccc2c(c1)-c1ccc3cc(O)ccc3c1C(c1ccc(OCCN3CCCCC3)cc1)O2. The summed E-state index contributed by atoms with van der Waals surface area (Å²) in [4.78, 5) is 2.63. The number of hydrogen-bond donors (Lipinski definition) is 2. The van der Waals surface area contributed by atoms with E-state index in [0.717, 1.165) is 52.8 Å². The van der Waals surface area contributed by atoms with Crippen molar-refractivity contribution in [1.82, 2.24) is 9.62 Å². The Hall–Kier alpha value is -3.59. The number of aromatic hydroxyl groups is 1. The molecular weight excluding hydrogens is 512 g/mol. The first-order chi connectivity index (χ1) is 18.9. The van der Waals surface area contributed by atoms with E-state index in [1.807, 2.05) is 42.5 Å². The van der Waals surface area contributed by atoms with Crippen LogP contribution in [-0.4, -0.2) is 51.7 Å². The first-order valence-corrected chi connectivity index (χ1v) is 14.9. The van der Waals surface area contributed by atoms with Crippen molar-refractivity contribution < 1.29 is 23.0 Å². The molecule has 1 fully saturated rings. The number of phenolic OH excluding ortho intramolecular Hbond substituents is 1. The molecule has 1 saturated heterocycles. The van der Waals surface area contributed by atoms with Gasteiger partial charge >= 0.3 is 0 Å². The van der Waals surface area contributed by atoms with Gasteiger partial charge in [-0.3, -0.25) is 4.90 Å². The normalized spacial score (nSPS) is 17.3. The lowest BCUT2D eigenvalue weighted by Gasteiger charge is -2.31. The Labute approximate surface area is 229 Å². The number of nitrogens with one attached hydrogen (secondary N) is 1. The van der Waals surface area contributed by atoms with Gasteiger partial charge in [-0.25, -0.2) is 13.1 Å². The molecule has 0 aliphatic carbocycles. The fourth-order valence-electron chi connectivity index (χ4n) is 5.60. The van der Waals surface area contributed by atoms with E-state index in [1.54, 1.807) is 30.3 Å². The van der Waals surface area contributed by atoms with Crippen molar-refractivity contribution in [3.63, 3.8) is 0 Å². The Bertz CT molecular complexity index is 1610. The Kier molecular flexibility index (Phi) is 6.93. The Morgan fingerprint density at radius 3 is 2.51 bits per heavy atom. The molecule has 0 amide bonds. The van der Waals surface area contributed by atoms with Gasteiger partial charge in [0.05, 0.1) is 4.90 Å². The fourth-order valence-corrected chi connectivity index (χ4v) is 6.36. The maximum Gasteiger partial charge on any atom is 0.240 e. The smallest absolute Gasteiger partial charge is 0.240 e. The third-order valence-corrected chi connectivity index (χ3v) is 9.09. The molecule has 1 atom stereocenters. The van der Waals surface area contributed by atoms with Gasteiger partial charge in [0.15, 0.2) is 6.10 Å². The molecule has 0 saturated carbocycles. The minimum absolute atomic E-state index is 0.175. The average Bonchev–Trinajstić information content (AvgIpc) is 2.97. The number of likely N-dealkylation sites (tertiary alicyclic amines) is 1. The molecule has 1 unspecified atom stereocenters. The molecule has 202 valence electrons. The lowest BCUT2D eigenvalue weighted by atomic mass is 9.86. The molecule has 0 spiro atoms. The third-order valence-electron chi connectivity index (χ3n) is 7.68. The lowest BCUT2D eigenvalue weighted by Crippen LogP contribution is -2.33. The molecule has 0 aromatic heterocycles. The second-order valence-corrected chi connectivity index (χ2v) is 12.0. The van der Waals surface area contributed by atoms with Gasteiger partial charge in [0, 0.05) is 17.7 Å². The highest BCUT2D eigenvalue weighted by atomic mass is 32.2. The van der Waals surface area contributed by atoms with Crippen LogP contribution in [0.5, 0.6) is 17.2 Å². The number of phenols is 1. The molecule has 0 bridgehead atoms. The second-order valence-electron chi connectivity index (χ2n) is 10.1. The minimum atomic E-state index is -3.62. The van der Waals surface area contributed by atoms with Gasteiger partial charge in [0.1, 0.15) is 23.9 Å². The number of piperidine rings is 1. The van der Waals surface area contributed by atoms with E-state index in [-0.39, 0.29) is 10.6 Å². The fraction of sp³-hybridized carbons (Fsp3) is 0.290. The van der Waals surface area contributed by atoms with Crippen LogP contribution in [0.1, 0.15) is 36.5 Å². The summed E-state index contributed by atoms with van der Waals surface area (Å²) in [5.41, 5.74) is 3.50. The summed E-state index contributed by atoms with van der Waals surface area (Å²) in [6.07, 6.45) is 3.43. The van der Waals surface area contributed by atoms with Crippen molar-refractivity contribution in [1.29, 1.82) is 0 Å². The van der Waals surface area contributed by atoms with Gasteiger partial charge in [0.25, 0.3) is 0 Å². The summed E-state index contributed by atoms with van der Waals surface area (Å²) in [5.74, 6) is 1.61. The molecule has 6 rings (SSSR count). The van der Waals surface area contributed by atoms with E-state index in [1.165, 1.54) is 26.3 Å². The van der Waals surface area contributed by atoms with Crippen LogP contribution >= 0.6 is 0 Å². The summed E-state index contributed by atoms with van der Waals surface area (Å²) in [6.45, 7) is 3.88. The number of hydrogen-bond acceptors (Lipinski definition) is 6. The Balaban J connectivity index is 1.35. The number of rotatable bonds is 7. The number of sulfonamides is 1. The highest BCUT2D eigenvalue weighted by molar-refractivity contribution is 7.89. The van der Waals surface area contributed by atoms with Crippen molar-refractivity contribution >= 4 is 20.8 Å². The molecule has 4 aromatic rings. The summed E-state index contributed by atoms with van der Waals surface area (Å²) < 4.78 is 40.1. The van der Waals surface area contributed by atoms with Crippen LogP contribution in [0.15, 0.2) is 77.7 Å². The topological polar surface area (TPSA) is 88.1 Å². The molecule has 7 nitrogen and oxygen atoms in total. The maximum absolute atomic E-state index is 12.5. The summed E-state index contributed by atoms with van der Waals surface area (Å²) in [5, 5.41) is 11.9. The van der Waals surface area contributed by atoms with Gasteiger partial charge in [0.2, 0.25) is 10.0 Å². The summed E-state index contributed by atoms with van der Waals surface area (Å²) in [7, 11) is -2.22. The predicted molar refractivity (Wildman–Crippen MR) is 152 cm³/mol. The molecule has 8 heteroatoms. The first-order valence-electron chi connectivity index (χ1n) is 13.4. The van der Waals surface area contributed by atoms with Gasteiger partial charge in [-0.1, -0.05) is 36.8 Å². The molecule has 2 aliphatic heterocycles. The van der Waals surface area contributed by atoms with Crippen LogP contribution in [0.3, 0.4) is 0 Å². The standard InChI is InChI=1S/C31H32N2O5S/c1-32-39(35,36)25-11-14-29-28(20-25)27-12-7-22-19-23(34)8-13-26(22)30(27)31(38-29)21-5-9-24(10-6-21)37-18-17-33-15-3-2-4-16-33/h5-14,19-20,31-32,34H,2-4,15-18H2,1H3. The van der Waals surface area contributed by atoms with E-state index >= 15 is 0 Å². The van der Waals surface area contributed by atoms with Crippen molar-refractivity contribution in [2.45, 2.75) is 30.3 Å². The van der Waals surface area contributed by atoms with Crippen LogP contribution in [0.25, 0.3) is 21.9 Å². The summed E-state index contributed by atoms with van der Waals surface area (Å²) in [6, 6.07) is 22.1. The molecule has 0 radical (unpaired) electrons. The van der Waals surface area contributed by atoms with Crippen LogP contribution in [0.4, 0.5) is 0 Å². The minimum Gasteiger partial charge on any atom is -0.508 e. The quantitative estimate of drug-likeness (QED) is 0.321. The van der Waals surface area contributed by atoms with Gasteiger partial charge < -0.3 is 14.6 Å². The first kappa shape index (κ1) is 25.7. The van der Waals surface area contributed by atoms with Crippen molar-refractivity contribution in [3.8, 4) is 28.4 Å². The number of nitrogens with zero attached hydrogens (tertiary/aromatic N) is 1. The van der Waals surface area contributed by atoms with Gasteiger partial charge in [-0.2, -0.15) is 0 Å². The van der Waals surface area contributed by atoms with Crippen molar-refractivity contribution in [3.05, 3.63) is 83.9 Å². The molecule has 39 heavy (non-hydrogen) atoms. The molecule has 2 aliphatic rings. The second kappa shape index (κ2) is 10.5. The number of fused-ring (bicyclic) bond motifs is 5. The lowest BCUT2D eigenvalue weighted by molar-refractivity contribution is 0.183. The largest absolute Gasteiger partial charge is 0.508 e. The molecular formula is C31H32N2O5S. The average molecular weight is 545 g/mol. The van der Waals surface area contributed by atoms with E-state index < -0.39 is 16.1 Å². The van der Waals surface area contributed by atoms with Gasteiger partial charge in [-0.15, -0.1) is 0 Å². The van der Waals surface area contributed by atoms with E-state index in [0.29, 0.717) is 17.9 Å². The van der Waals surface area contributed by atoms with Crippen LogP contribution < -0.4 is 14.2 Å². The maximum atomic E-state index is 12.5. The third kappa shape index (κ3) is 5.07. The van der Waals surface area contributed by atoms with Crippen molar-refractivity contribution in [2.24, 2.45) is 0 Å².